The summed E-state index contributed by atoms with van der Waals surface area (Å²) in [6.07, 6.45) is -2.13. The quantitative estimate of drug-likeness (QED) is 0.433. The first kappa shape index (κ1) is 23.3. The zero-order chi connectivity index (χ0) is 24.0. The molecule has 2 saturated heterocycles. The number of alkyl halides is 3. The van der Waals surface area contributed by atoms with E-state index in [1.807, 2.05) is 0 Å². The van der Waals surface area contributed by atoms with Crippen LogP contribution in [0, 0.1) is 5.92 Å². The van der Waals surface area contributed by atoms with Crippen LogP contribution < -0.4 is 15.5 Å². The Hall–Kier alpha value is -2.40. The predicted molar refractivity (Wildman–Crippen MR) is 127 cm³/mol. The first-order chi connectivity index (χ1) is 16.2. The fourth-order valence-electron chi connectivity index (χ4n) is 4.34. The van der Waals surface area contributed by atoms with Gasteiger partial charge in [0.25, 0.3) is 5.91 Å². The normalized spacial score (nSPS) is 20.0. The first-order valence-electron chi connectivity index (χ1n) is 10.5. The summed E-state index contributed by atoms with van der Waals surface area (Å²) in [7, 11) is 0. The maximum absolute atomic E-state index is 13.3. The number of thiazole rings is 1. The highest BCUT2D eigenvalue weighted by Gasteiger charge is 2.38. The highest BCUT2D eigenvalue weighted by Crippen LogP contribution is 2.43. The molecular formula is C22H18Cl2F3N5OS. The predicted octanol–water partition coefficient (Wildman–Crippen LogP) is 5.58. The molecule has 1 aromatic carbocycles. The van der Waals surface area contributed by atoms with Gasteiger partial charge in [0, 0.05) is 30.9 Å². The molecule has 2 fully saturated rings. The minimum absolute atomic E-state index is 0.0785. The van der Waals surface area contributed by atoms with Gasteiger partial charge >= 0.3 is 6.18 Å². The van der Waals surface area contributed by atoms with Crippen molar-refractivity contribution >= 4 is 50.6 Å². The number of amides is 1. The third kappa shape index (κ3) is 4.59. The molecule has 0 spiro atoms. The third-order valence-corrected chi connectivity index (χ3v) is 7.72. The van der Waals surface area contributed by atoms with Crippen molar-refractivity contribution in [1.29, 1.82) is 0 Å². The Labute approximate surface area is 207 Å². The Morgan fingerprint density at radius 2 is 2.06 bits per heavy atom. The summed E-state index contributed by atoms with van der Waals surface area (Å²) in [5.74, 6) is -0.0290. The second kappa shape index (κ2) is 8.99. The van der Waals surface area contributed by atoms with Crippen LogP contribution >= 0.6 is 34.5 Å². The van der Waals surface area contributed by atoms with E-state index in [4.69, 9.17) is 23.2 Å². The number of pyridine rings is 1. The molecule has 0 aliphatic carbocycles. The van der Waals surface area contributed by atoms with Crippen LogP contribution in [0.2, 0.25) is 10.2 Å². The molecular weight excluding hydrogens is 510 g/mol. The molecule has 2 atom stereocenters. The number of benzene rings is 1. The molecule has 5 rings (SSSR count). The minimum atomic E-state index is -4.47. The molecule has 0 saturated carbocycles. The van der Waals surface area contributed by atoms with Crippen molar-refractivity contribution in [1.82, 2.24) is 15.3 Å². The van der Waals surface area contributed by atoms with Crippen LogP contribution in [0.4, 0.5) is 23.3 Å². The number of carbonyl (C=O) groups is 1. The molecule has 4 heterocycles. The smallest absolute Gasteiger partial charge is 0.360 e. The number of hydrogen-bond acceptors (Lipinski definition) is 6. The molecule has 1 amide bonds. The maximum Gasteiger partial charge on any atom is 0.416 e. The molecule has 2 unspecified atom stereocenters. The van der Waals surface area contributed by atoms with E-state index >= 15 is 0 Å². The minimum Gasteiger partial charge on any atom is -0.360 e. The fourth-order valence-corrected chi connectivity index (χ4v) is 5.61. The van der Waals surface area contributed by atoms with E-state index in [1.165, 1.54) is 29.7 Å². The molecule has 3 aromatic rings. The summed E-state index contributed by atoms with van der Waals surface area (Å²) in [5, 5.41) is 7.39. The van der Waals surface area contributed by atoms with E-state index in [-0.39, 0.29) is 20.9 Å². The highest BCUT2D eigenvalue weighted by atomic mass is 35.5. The molecule has 2 N–H and O–H groups in total. The number of hydrogen-bond donors (Lipinski definition) is 2. The zero-order valence-corrected chi connectivity index (χ0v) is 19.8. The number of nitrogens with zero attached hydrogens (tertiary/aromatic N) is 3. The SMILES string of the molecule is O=C(Nc1nc(-c2cccc(C(F)(F)F)c2)c(N2CC3CCNC3C2)s1)c1cnc(Cl)c(Cl)c1. The number of aromatic nitrogens is 2. The van der Waals surface area contributed by atoms with Gasteiger partial charge in [0.05, 0.1) is 16.1 Å². The second-order valence-corrected chi connectivity index (χ2v) is 9.96. The average molecular weight is 528 g/mol. The largest absolute Gasteiger partial charge is 0.416 e. The molecule has 0 bridgehead atoms. The van der Waals surface area contributed by atoms with E-state index in [0.717, 1.165) is 43.2 Å². The topological polar surface area (TPSA) is 70.2 Å². The lowest BCUT2D eigenvalue weighted by Gasteiger charge is -2.19. The lowest BCUT2D eigenvalue weighted by Crippen LogP contribution is -2.29. The molecule has 0 radical (unpaired) electrons. The van der Waals surface area contributed by atoms with Gasteiger partial charge < -0.3 is 10.2 Å². The lowest BCUT2D eigenvalue weighted by atomic mass is 10.1. The van der Waals surface area contributed by atoms with E-state index in [0.29, 0.717) is 23.2 Å². The van der Waals surface area contributed by atoms with E-state index < -0.39 is 17.6 Å². The van der Waals surface area contributed by atoms with Crippen molar-refractivity contribution < 1.29 is 18.0 Å². The molecule has 178 valence electrons. The molecule has 2 aliphatic heterocycles. The number of anilines is 2. The van der Waals surface area contributed by atoms with Crippen LogP contribution in [0.5, 0.6) is 0 Å². The van der Waals surface area contributed by atoms with Crippen molar-refractivity contribution in [3.05, 3.63) is 57.8 Å². The first-order valence-corrected chi connectivity index (χ1v) is 12.1. The standard InChI is InChI=1S/C22H18Cl2F3N5OS/c23-15-7-13(8-29-18(15)24)19(33)31-21-30-17(11-2-1-3-14(6-11)22(25,26)27)20(34-21)32-9-12-4-5-28-16(12)10-32/h1-3,6-8,12,16,28H,4-5,9-10H2,(H,30,31,33). The van der Waals surface area contributed by atoms with Gasteiger partial charge in [0.2, 0.25) is 0 Å². The van der Waals surface area contributed by atoms with E-state index in [2.05, 4.69) is 25.5 Å². The molecule has 34 heavy (non-hydrogen) atoms. The maximum atomic E-state index is 13.3. The van der Waals surface area contributed by atoms with Crippen molar-refractivity contribution in [2.24, 2.45) is 5.92 Å². The summed E-state index contributed by atoms with van der Waals surface area (Å²) in [6, 6.07) is 6.79. The number of fused-ring (bicyclic) bond motifs is 1. The van der Waals surface area contributed by atoms with Gasteiger partial charge in [-0.2, -0.15) is 13.2 Å². The molecule has 12 heteroatoms. The highest BCUT2D eigenvalue weighted by molar-refractivity contribution is 7.20. The van der Waals surface area contributed by atoms with Gasteiger partial charge in [-0.05, 0) is 37.1 Å². The van der Waals surface area contributed by atoms with Gasteiger partial charge in [-0.15, -0.1) is 0 Å². The van der Waals surface area contributed by atoms with Crippen LogP contribution in [-0.2, 0) is 6.18 Å². The average Bonchev–Trinajstić information content (AvgIpc) is 3.50. The second-order valence-electron chi connectivity index (χ2n) is 8.22. The monoisotopic (exact) mass is 527 g/mol. The Morgan fingerprint density at radius 1 is 1.24 bits per heavy atom. The summed E-state index contributed by atoms with van der Waals surface area (Å²) >= 11 is 13.0. The number of rotatable bonds is 4. The third-order valence-electron chi connectivity index (χ3n) is 6.00. The number of halogens is 5. The van der Waals surface area contributed by atoms with Crippen molar-refractivity contribution in [2.45, 2.75) is 18.6 Å². The summed E-state index contributed by atoms with van der Waals surface area (Å²) < 4.78 is 40.0. The van der Waals surface area contributed by atoms with Gasteiger partial charge in [-0.3, -0.25) is 10.1 Å². The fraction of sp³-hybridized carbons (Fsp3) is 0.318. The van der Waals surface area contributed by atoms with Crippen molar-refractivity contribution in [3.63, 3.8) is 0 Å². The summed E-state index contributed by atoms with van der Waals surface area (Å²) in [5.41, 5.74) is 0.171. The van der Waals surface area contributed by atoms with Gasteiger partial charge in [-0.1, -0.05) is 46.7 Å². The van der Waals surface area contributed by atoms with Gasteiger partial charge in [-0.25, -0.2) is 9.97 Å². The van der Waals surface area contributed by atoms with Crippen molar-refractivity contribution in [2.75, 3.05) is 29.9 Å². The zero-order valence-electron chi connectivity index (χ0n) is 17.5. The Bertz CT molecular complexity index is 1240. The van der Waals surface area contributed by atoms with Gasteiger partial charge in [0.15, 0.2) is 5.13 Å². The van der Waals surface area contributed by atoms with Gasteiger partial charge in [0.1, 0.15) is 15.8 Å². The Balaban J connectivity index is 1.49. The molecule has 2 aromatic heterocycles. The molecule has 6 nitrogen and oxygen atoms in total. The summed E-state index contributed by atoms with van der Waals surface area (Å²) in [4.78, 5) is 23.3. The van der Waals surface area contributed by atoms with Crippen LogP contribution in [0.3, 0.4) is 0 Å². The van der Waals surface area contributed by atoms with E-state index in [1.54, 1.807) is 6.07 Å². The molecule has 2 aliphatic rings. The number of carbonyl (C=O) groups excluding carboxylic acids is 1. The number of nitrogens with one attached hydrogen (secondary N) is 2. The van der Waals surface area contributed by atoms with Crippen LogP contribution in [0.15, 0.2) is 36.5 Å². The Kier molecular flexibility index (Phi) is 6.18. The summed E-state index contributed by atoms with van der Waals surface area (Å²) in [6.45, 7) is 2.46. The van der Waals surface area contributed by atoms with Crippen molar-refractivity contribution in [3.8, 4) is 11.3 Å². The van der Waals surface area contributed by atoms with Crippen LogP contribution in [-0.4, -0.2) is 41.6 Å². The van der Waals surface area contributed by atoms with Crippen LogP contribution in [0.25, 0.3) is 11.3 Å². The Morgan fingerprint density at radius 3 is 2.79 bits per heavy atom. The van der Waals surface area contributed by atoms with E-state index in [9.17, 15) is 18.0 Å². The van der Waals surface area contributed by atoms with Crippen LogP contribution in [0.1, 0.15) is 22.3 Å². The lowest BCUT2D eigenvalue weighted by molar-refractivity contribution is -0.137.